The largest absolute Gasteiger partial charge is 0.504 e. The molecule has 27 heavy (non-hydrogen) atoms. The molecule has 0 radical (unpaired) electrons. The van der Waals surface area contributed by atoms with Crippen LogP contribution >= 0.6 is 0 Å². The van der Waals surface area contributed by atoms with Gasteiger partial charge in [-0.1, -0.05) is 0 Å². The topological polar surface area (TPSA) is 82.5 Å². The fraction of sp³-hybridized carbons (Fsp3) is 0.667. The molecule has 4 bridgehead atoms. The number of amides is 2. The van der Waals surface area contributed by atoms with Crippen LogP contribution in [-0.4, -0.2) is 39.4 Å². The molecule has 6 rings (SSSR count). The number of rotatable bonds is 3. The molecule has 0 spiro atoms. The highest BCUT2D eigenvalue weighted by Gasteiger charge is 2.56. The number of nitrogens with one attached hydrogen (secondary N) is 1. The van der Waals surface area contributed by atoms with Crippen molar-refractivity contribution in [1.29, 1.82) is 0 Å². The zero-order chi connectivity index (χ0) is 18.6. The van der Waals surface area contributed by atoms with Gasteiger partial charge in [-0.05, 0) is 81.3 Å². The molecule has 4 aliphatic carbocycles. The van der Waals surface area contributed by atoms with Gasteiger partial charge in [-0.3, -0.25) is 9.59 Å². The highest BCUT2D eigenvalue weighted by atomic mass is 16.3. The first-order chi connectivity index (χ1) is 13.0. The number of anilines is 1. The predicted octanol–water partition coefficient (Wildman–Crippen LogP) is 2.93. The van der Waals surface area contributed by atoms with Crippen molar-refractivity contribution in [2.45, 2.75) is 57.4 Å². The second kappa shape index (κ2) is 6.21. The third-order valence-corrected chi connectivity index (χ3v) is 7.34. The number of hydrogen-bond donors (Lipinski definition) is 2. The van der Waals surface area contributed by atoms with E-state index in [0.717, 1.165) is 25.7 Å². The Kier molecular flexibility index (Phi) is 3.92. The van der Waals surface area contributed by atoms with Gasteiger partial charge in [0, 0.05) is 12.7 Å². The van der Waals surface area contributed by atoms with Crippen LogP contribution in [0.2, 0.25) is 0 Å². The second-order valence-electron chi connectivity index (χ2n) is 9.21. The van der Waals surface area contributed by atoms with Crippen molar-refractivity contribution in [3.8, 4) is 5.75 Å². The lowest BCUT2D eigenvalue weighted by molar-refractivity contribution is -0.160. The molecule has 1 saturated heterocycles. The molecule has 0 aromatic carbocycles. The van der Waals surface area contributed by atoms with Gasteiger partial charge in [0.1, 0.15) is 6.04 Å². The van der Waals surface area contributed by atoms with Crippen LogP contribution in [0.4, 0.5) is 5.82 Å². The van der Waals surface area contributed by atoms with Crippen LogP contribution in [0.15, 0.2) is 18.3 Å². The fourth-order valence-corrected chi connectivity index (χ4v) is 6.65. The number of likely N-dealkylation sites (tertiary alicyclic amines) is 1. The van der Waals surface area contributed by atoms with E-state index in [1.807, 2.05) is 4.90 Å². The molecular formula is C21H27N3O3. The molecule has 1 aliphatic heterocycles. The molecule has 4 saturated carbocycles. The summed E-state index contributed by atoms with van der Waals surface area (Å²) in [5, 5.41) is 12.6. The lowest BCUT2D eigenvalue weighted by Crippen LogP contribution is -2.56. The number of aromatic nitrogens is 1. The van der Waals surface area contributed by atoms with Crippen molar-refractivity contribution in [2.24, 2.45) is 23.2 Å². The zero-order valence-electron chi connectivity index (χ0n) is 15.6. The Bertz CT molecular complexity index is 742. The van der Waals surface area contributed by atoms with Crippen molar-refractivity contribution in [2.75, 3.05) is 11.9 Å². The Balaban J connectivity index is 1.34. The standard InChI is InChI=1S/C21H27N3O3/c25-17-4-1-5-22-18(17)23-19(26)16-3-2-6-24(16)20(27)21-10-13-7-14(11-21)9-15(8-13)12-21/h1,4-5,13-16,25H,2-3,6-12H2,(H,22,23,26). The Morgan fingerprint density at radius 1 is 1.15 bits per heavy atom. The molecule has 1 aromatic heterocycles. The molecule has 1 unspecified atom stereocenters. The van der Waals surface area contributed by atoms with Gasteiger partial charge in [0.2, 0.25) is 11.8 Å². The molecule has 5 fully saturated rings. The quantitative estimate of drug-likeness (QED) is 0.858. The van der Waals surface area contributed by atoms with Crippen LogP contribution < -0.4 is 5.32 Å². The van der Waals surface area contributed by atoms with Crippen molar-refractivity contribution in [1.82, 2.24) is 9.88 Å². The maximum absolute atomic E-state index is 13.6. The second-order valence-corrected chi connectivity index (χ2v) is 9.21. The third-order valence-electron chi connectivity index (χ3n) is 7.34. The average molecular weight is 369 g/mol. The SMILES string of the molecule is O=C(Nc1ncccc1O)C1CCCN1C(=O)C12CC3CC(CC(C3)C1)C2. The first-order valence-electron chi connectivity index (χ1n) is 10.3. The van der Waals surface area contributed by atoms with E-state index in [1.54, 1.807) is 6.07 Å². The molecule has 6 heteroatoms. The van der Waals surface area contributed by atoms with Crippen molar-refractivity contribution in [3.63, 3.8) is 0 Å². The summed E-state index contributed by atoms with van der Waals surface area (Å²) in [7, 11) is 0. The van der Waals surface area contributed by atoms with Gasteiger partial charge in [-0.15, -0.1) is 0 Å². The lowest BCUT2D eigenvalue weighted by Gasteiger charge is -2.56. The van der Waals surface area contributed by atoms with Gasteiger partial charge < -0.3 is 15.3 Å². The van der Waals surface area contributed by atoms with E-state index in [4.69, 9.17) is 0 Å². The first-order valence-corrected chi connectivity index (χ1v) is 10.3. The van der Waals surface area contributed by atoms with Crippen LogP contribution in [0.3, 0.4) is 0 Å². The minimum atomic E-state index is -0.452. The predicted molar refractivity (Wildman–Crippen MR) is 99.9 cm³/mol. The van der Waals surface area contributed by atoms with E-state index in [9.17, 15) is 14.7 Å². The van der Waals surface area contributed by atoms with Gasteiger partial charge >= 0.3 is 0 Å². The normalized spacial score (nSPS) is 36.8. The number of pyridine rings is 1. The Hall–Kier alpha value is -2.11. The van der Waals surface area contributed by atoms with Gasteiger partial charge in [-0.2, -0.15) is 0 Å². The van der Waals surface area contributed by atoms with Crippen LogP contribution in [-0.2, 0) is 9.59 Å². The van der Waals surface area contributed by atoms with E-state index in [-0.39, 0.29) is 28.8 Å². The molecule has 2 heterocycles. The number of hydrogen-bond acceptors (Lipinski definition) is 4. The summed E-state index contributed by atoms with van der Waals surface area (Å²) in [5.41, 5.74) is -0.218. The Labute approximate surface area is 159 Å². The Morgan fingerprint density at radius 2 is 1.81 bits per heavy atom. The van der Waals surface area contributed by atoms with Gasteiger partial charge in [0.25, 0.3) is 0 Å². The van der Waals surface area contributed by atoms with Crippen LogP contribution in [0.25, 0.3) is 0 Å². The zero-order valence-corrected chi connectivity index (χ0v) is 15.6. The van der Waals surface area contributed by atoms with E-state index in [2.05, 4.69) is 10.3 Å². The van der Waals surface area contributed by atoms with Crippen LogP contribution in [0, 0.1) is 23.2 Å². The number of aromatic hydroxyl groups is 1. The highest BCUT2D eigenvalue weighted by Crippen LogP contribution is 2.60. The summed E-state index contributed by atoms with van der Waals surface area (Å²) in [6, 6.07) is 2.66. The first kappa shape index (κ1) is 17.0. The number of carbonyl (C=O) groups is 2. The molecule has 2 N–H and O–H groups in total. The molecule has 6 nitrogen and oxygen atoms in total. The van der Waals surface area contributed by atoms with Gasteiger partial charge in [-0.25, -0.2) is 4.98 Å². The molecule has 1 atom stereocenters. The van der Waals surface area contributed by atoms with Crippen LogP contribution in [0.5, 0.6) is 5.75 Å². The molecule has 144 valence electrons. The third kappa shape index (κ3) is 2.80. The summed E-state index contributed by atoms with van der Waals surface area (Å²) in [6.07, 6.45) is 10.0. The monoisotopic (exact) mass is 369 g/mol. The maximum atomic E-state index is 13.6. The number of nitrogens with zero attached hydrogens (tertiary/aromatic N) is 2. The van der Waals surface area contributed by atoms with Crippen molar-refractivity contribution < 1.29 is 14.7 Å². The average Bonchev–Trinajstić information content (AvgIpc) is 3.11. The van der Waals surface area contributed by atoms with Crippen LogP contribution in [0.1, 0.15) is 51.4 Å². The number of carbonyl (C=O) groups excluding carboxylic acids is 2. The summed E-state index contributed by atoms with van der Waals surface area (Å²) in [4.78, 5) is 32.3. The molecule has 1 aromatic rings. The van der Waals surface area contributed by atoms with E-state index < -0.39 is 6.04 Å². The van der Waals surface area contributed by atoms with Crippen molar-refractivity contribution >= 4 is 17.6 Å². The maximum Gasteiger partial charge on any atom is 0.248 e. The Morgan fingerprint density at radius 3 is 2.44 bits per heavy atom. The summed E-state index contributed by atoms with van der Waals surface area (Å²) in [5.74, 6) is 2.21. The summed E-state index contributed by atoms with van der Waals surface area (Å²) < 4.78 is 0. The minimum absolute atomic E-state index is 0.0530. The summed E-state index contributed by atoms with van der Waals surface area (Å²) in [6.45, 7) is 0.660. The summed E-state index contributed by atoms with van der Waals surface area (Å²) >= 11 is 0. The molecule has 2 amide bonds. The van der Waals surface area contributed by atoms with E-state index in [0.29, 0.717) is 30.7 Å². The molecular weight excluding hydrogens is 342 g/mol. The minimum Gasteiger partial charge on any atom is -0.504 e. The van der Waals surface area contributed by atoms with E-state index in [1.165, 1.54) is 31.5 Å². The molecule has 5 aliphatic rings. The van der Waals surface area contributed by atoms with E-state index >= 15 is 0 Å². The fourth-order valence-electron chi connectivity index (χ4n) is 6.65. The van der Waals surface area contributed by atoms with Gasteiger partial charge in [0.05, 0.1) is 5.41 Å². The smallest absolute Gasteiger partial charge is 0.248 e. The van der Waals surface area contributed by atoms with Crippen molar-refractivity contribution in [3.05, 3.63) is 18.3 Å². The lowest BCUT2D eigenvalue weighted by atomic mass is 9.49. The highest BCUT2D eigenvalue weighted by molar-refractivity contribution is 5.98. The van der Waals surface area contributed by atoms with Gasteiger partial charge in [0.15, 0.2) is 11.6 Å².